The zero-order chi connectivity index (χ0) is 15.5. The number of nitrogens with zero attached hydrogens (tertiary/aromatic N) is 2. The zero-order valence-corrected chi connectivity index (χ0v) is 14.1. The number of hydrogen-bond acceptors (Lipinski definition) is 4. The fourth-order valence-corrected chi connectivity index (χ4v) is 2.34. The summed E-state index contributed by atoms with van der Waals surface area (Å²) in [6, 6.07) is 13.3. The Morgan fingerprint density at radius 1 is 1.14 bits per heavy atom. The summed E-state index contributed by atoms with van der Waals surface area (Å²) in [6.45, 7) is 2.52. The van der Waals surface area contributed by atoms with Gasteiger partial charge >= 0.3 is 0 Å². The molecular formula is C16H13BrClN3O. The molecule has 0 aliphatic heterocycles. The number of anilines is 1. The second kappa shape index (κ2) is 6.50. The molecule has 0 atom stereocenters. The normalized spacial score (nSPS) is 10.7. The summed E-state index contributed by atoms with van der Waals surface area (Å²) in [5.74, 6) is 1.02. The number of halogens is 2. The molecule has 0 fully saturated rings. The number of hydrogen-bond donors (Lipinski definition) is 1. The maximum Gasteiger partial charge on any atom is 0.247 e. The molecule has 0 saturated heterocycles. The molecule has 3 rings (SSSR count). The summed E-state index contributed by atoms with van der Waals surface area (Å²) in [5.41, 5.74) is 3.02. The lowest BCUT2D eigenvalue weighted by atomic mass is 10.2. The minimum Gasteiger partial charge on any atom is -0.419 e. The maximum absolute atomic E-state index is 5.87. The first kappa shape index (κ1) is 15.1. The molecule has 0 unspecified atom stereocenters. The minimum atomic E-state index is 0.474. The lowest BCUT2D eigenvalue weighted by molar-refractivity contribution is 0.515. The van der Waals surface area contributed by atoms with Gasteiger partial charge in [-0.3, -0.25) is 0 Å². The van der Waals surface area contributed by atoms with Crippen LogP contribution in [-0.2, 0) is 6.54 Å². The van der Waals surface area contributed by atoms with E-state index in [4.69, 9.17) is 16.0 Å². The van der Waals surface area contributed by atoms with Gasteiger partial charge in [0.1, 0.15) is 0 Å². The van der Waals surface area contributed by atoms with E-state index in [1.165, 1.54) is 0 Å². The molecule has 6 heteroatoms. The molecule has 0 spiro atoms. The van der Waals surface area contributed by atoms with Crippen LogP contribution in [0, 0.1) is 6.92 Å². The fourth-order valence-electron chi connectivity index (χ4n) is 1.97. The number of nitrogens with one attached hydrogen (secondary N) is 1. The van der Waals surface area contributed by atoms with Gasteiger partial charge in [0.05, 0.1) is 6.54 Å². The molecule has 0 aliphatic rings. The first-order valence-corrected chi connectivity index (χ1v) is 7.87. The van der Waals surface area contributed by atoms with Crippen molar-refractivity contribution in [3.05, 3.63) is 63.4 Å². The lowest BCUT2D eigenvalue weighted by Crippen LogP contribution is -1.99. The quantitative estimate of drug-likeness (QED) is 0.688. The van der Waals surface area contributed by atoms with E-state index in [0.29, 0.717) is 23.3 Å². The molecule has 22 heavy (non-hydrogen) atoms. The van der Waals surface area contributed by atoms with Crippen LogP contribution in [0.5, 0.6) is 0 Å². The number of aryl methyl sites for hydroxylation is 1. The predicted molar refractivity (Wildman–Crippen MR) is 90.9 cm³/mol. The largest absolute Gasteiger partial charge is 0.419 e. The molecule has 0 aliphatic carbocycles. The van der Waals surface area contributed by atoms with Gasteiger partial charge in [-0.25, -0.2) is 0 Å². The van der Waals surface area contributed by atoms with Gasteiger partial charge in [-0.1, -0.05) is 27.5 Å². The second-order valence-electron chi connectivity index (χ2n) is 4.83. The minimum absolute atomic E-state index is 0.474. The van der Waals surface area contributed by atoms with E-state index >= 15 is 0 Å². The molecule has 1 heterocycles. The molecular weight excluding hydrogens is 366 g/mol. The predicted octanol–water partition coefficient (Wildman–Crippen LogP) is 5.07. The molecule has 0 amide bonds. The van der Waals surface area contributed by atoms with Crippen LogP contribution >= 0.6 is 27.5 Å². The molecule has 1 aromatic heterocycles. The first-order valence-electron chi connectivity index (χ1n) is 6.70. The van der Waals surface area contributed by atoms with Crippen molar-refractivity contribution in [2.75, 3.05) is 5.32 Å². The van der Waals surface area contributed by atoms with Crippen molar-refractivity contribution in [3.8, 4) is 11.5 Å². The van der Waals surface area contributed by atoms with E-state index in [2.05, 4.69) is 37.5 Å². The Morgan fingerprint density at radius 3 is 2.64 bits per heavy atom. The van der Waals surface area contributed by atoms with Crippen LogP contribution in [0.1, 0.15) is 11.5 Å². The Bertz CT molecular complexity index is 786. The molecule has 0 radical (unpaired) electrons. The molecule has 3 aromatic rings. The average molecular weight is 379 g/mol. The van der Waals surface area contributed by atoms with E-state index < -0.39 is 0 Å². The maximum atomic E-state index is 5.87. The van der Waals surface area contributed by atoms with Crippen molar-refractivity contribution >= 4 is 33.2 Å². The van der Waals surface area contributed by atoms with E-state index in [0.717, 1.165) is 21.3 Å². The van der Waals surface area contributed by atoms with Crippen molar-refractivity contribution in [1.82, 2.24) is 10.2 Å². The van der Waals surface area contributed by atoms with Crippen LogP contribution in [0.25, 0.3) is 11.5 Å². The standard InChI is InChI=1S/C16H13BrClN3O/c1-10-8-13(6-7-14(10)17)19-9-15-20-21-16(22-15)11-2-4-12(18)5-3-11/h2-8,19H,9H2,1H3. The summed E-state index contributed by atoms with van der Waals surface area (Å²) in [7, 11) is 0. The Hall–Kier alpha value is -1.85. The average Bonchev–Trinajstić information content (AvgIpc) is 2.98. The van der Waals surface area contributed by atoms with Crippen LogP contribution in [-0.4, -0.2) is 10.2 Å². The highest BCUT2D eigenvalue weighted by Crippen LogP contribution is 2.22. The van der Waals surface area contributed by atoms with E-state index in [1.54, 1.807) is 12.1 Å². The van der Waals surface area contributed by atoms with Crippen LogP contribution in [0.4, 0.5) is 5.69 Å². The van der Waals surface area contributed by atoms with Gasteiger partial charge in [0.15, 0.2) is 0 Å². The lowest BCUT2D eigenvalue weighted by Gasteiger charge is -2.05. The SMILES string of the molecule is Cc1cc(NCc2nnc(-c3ccc(Cl)cc3)o2)ccc1Br. The Kier molecular flexibility index (Phi) is 4.45. The molecule has 4 nitrogen and oxygen atoms in total. The second-order valence-corrected chi connectivity index (χ2v) is 6.12. The van der Waals surface area contributed by atoms with Crippen LogP contribution in [0.15, 0.2) is 51.4 Å². The third kappa shape index (κ3) is 3.48. The topological polar surface area (TPSA) is 51.0 Å². The highest BCUT2D eigenvalue weighted by molar-refractivity contribution is 9.10. The van der Waals surface area contributed by atoms with E-state index in [1.807, 2.05) is 31.2 Å². The molecule has 112 valence electrons. The van der Waals surface area contributed by atoms with Gasteiger partial charge in [-0.2, -0.15) is 0 Å². The molecule has 1 N–H and O–H groups in total. The van der Waals surface area contributed by atoms with Crippen molar-refractivity contribution in [2.45, 2.75) is 13.5 Å². The molecule has 0 saturated carbocycles. The summed E-state index contributed by atoms with van der Waals surface area (Å²) >= 11 is 9.35. The summed E-state index contributed by atoms with van der Waals surface area (Å²) in [4.78, 5) is 0. The zero-order valence-electron chi connectivity index (χ0n) is 11.8. The third-order valence-electron chi connectivity index (χ3n) is 3.16. The number of aromatic nitrogens is 2. The summed E-state index contributed by atoms with van der Waals surface area (Å²) in [5, 5.41) is 12.0. The van der Waals surface area contributed by atoms with E-state index in [9.17, 15) is 0 Å². The van der Waals surface area contributed by atoms with Gasteiger partial charge in [-0.05, 0) is 55.0 Å². The first-order chi connectivity index (χ1) is 10.6. The van der Waals surface area contributed by atoms with Crippen LogP contribution < -0.4 is 5.32 Å². The van der Waals surface area contributed by atoms with Gasteiger partial charge < -0.3 is 9.73 Å². The monoisotopic (exact) mass is 377 g/mol. The third-order valence-corrected chi connectivity index (χ3v) is 4.30. The van der Waals surface area contributed by atoms with Gasteiger partial charge in [-0.15, -0.1) is 10.2 Å². The van der Waals surface area contributed by atoms with Crippen LogP contribution in [0.3, 0.4) is 0 Å². The van der Waals surface area contributed by atoms with Gasteiger partial charge in [0, 0.05) is 20.7 Å². The summed E-state index contributed by atoms with van der Waals surface area (Å²) < 4.78 is 6.73. The number of rotatable bonds is 4. The van der Waals surface area contributed by atoms with Gasteiger partial charge in [0.2, 0.25) is 11.8 Å². The van der Waals surface area contributed by atoms with Crippen LogP contribution in [0.2, 0.25) is 5.02 Å². The Balaban J connectivity index is 1.69. The highest BCUT2D eigenvalue weighted by Gasteiger charge is 2.08. The number of benzene rings is 2. The highest BCUT2D eigenvalue weighted by atomic mass is 79.9. The molecule has 0 bridgehead atoms. The van der Waals surface area contributed by atoms with Gasteiger partial charge in [0.25, 0.3) is 0 Å². The summed E-state index contributed by atoms with van der Waals surface area (Å²) in [6.07, 6.45) is 0. The Morgan fingerprint density at radius 2 is 1.91 bits per heavy atom. The smallest absolute Gasteiger partial charge is 0.247 e. The fraction of sp³-hybridized carbons (Fsp3) is 0.125. The van der Waals surface area contributed by atoms with Crippen molar-refractivity contribution in [2.24, 2.45) is 0 Å². The van der Waals surface area contributed by atoms with E-state index in [-0.39, 0.29) is 0 Å². The van der Waals surface area contributed by atoms with Crippen molar-refractivity contribution in [1.29, 1.82) is 0 Å². The molecule has 2 aromatic carbocycles. The van der Waals surface area contributed by atoms with Crippen molar-refractivity contribution in [3.63, 3.8) is 0 Å². The Labute approximate surface area is 141 Å². The van der Waals surface area contributed by atoms with Crippen molar-refractivity contribution < 1.29 is 4.42 Å².